The highest BCUT2D eigenvalue weighted by Gasteiger charge is 2.24. The van der Waals surface area contributed by atoms with Crippen LogP contribution in [0.5, 0.6) is 0 Å². The van der Waals surface area contributed by atoms with Gasteiger partial charge in [-0.25, -0.2) is 4.39 Å². The molecule has 0 aromatic heterocycles. The van der Waals surface area contributed by atoms with Gasteiger partial charge in [-0.05, 0) is 49.4 Å². The van der Waals surface area contributed by atoms with E-state index in [1.807, 2.05) is 0 Å². The SMILES string of the molecule is CCCN(CC1CC1)CC(N)c1ccc(F)cc1. The van der Waals surface area contributed by atoms with Gasteiger partial charge in [-0.2, -0.15) is 0 Å². The molecule has 100 valence electrons. The van der Waals surface area contributed by atoms with Crippen molar-refractivity contribution < 1.29 is 4.39 Å². The molecule has 1 fully saturated rings. The van der Waals surface area contributed by atoms with E-state index in [1.54, 1.807) is 12.1 Å². The summed E-state index contributed by atoms with van der Waals surface area (Å²) in [7, 11) is 0. The summed E-state index contributed by atoms with van der Waals surface area (Å²) in [5, 5.41) is 0. The number of benzene rings is 1. The highest BCUT2D eigenvalue weighted by atomic mass is 19.1. The van der Waals surface area contributed by atoms with Gasteiger partial charge in [-0.1, -0.05) is 19.1 Å². The zero-order valence-electron chi connectivity index (χ0n) is 11.1. The Kier molecular flexibility index (Phi) is 4.72. The fourth-order valence-electron chi connectivity index (χ4n) is 2.33. The summed E-state index contributed by atoms with van der Waals surface area (Å²) < 4.78 is 12.9. The fraction of sp³-hybridized carbons (Fsp3) is 0.600. The standard InChI is InChI=1S/C15H23FN2/c1-2-9-18(10-12-3-4-12)11-15(17)13-5-7-14(16)8-6-13/h5-8,12,15H,2-4,9-11,17H2,1H3. The fourth-order valence-corrected chi connectivity index (χ4v) is 2.33. The van der Waals surface area contributed by atoms with Crippen molar-refractivity contribution in [1.29, 1.82) is 0 Å². The Morgan fingerprint density at radius 3 is 2.56 bits per heavy atom. The maximum atomic E-state index is 12.9. The van der Waals surface area contributed by atoms with Crippen molar-refractivity contribution in [2.45, 2.75) is 32.2 Å². The minimum Gasteiger partial charge on any atom is -0.323 e. The number of rotatable bonds is 7. The molecule has 0 bridgehead atoms. The summed E-state index contributed by atoms with van der Waals surface area (Å²) in [6, 6.07) is 6.54. The monoisotopic (exact) mass is 250 g/mol. The molecular formula is C15H23FN2. The molecule has 1 aromatic carbocycles. The minimum absolute atomic E-state index is 0.0177. The molecule has 0 saturated heterocycles. The number of halogens is 1. The maximum absolute atomic E-state index is 12.9. The van der Waals surface area contributed by atoms with Crippen molar-refractivity contribution in [2.75, 3.05) is 19.6 Å². The van der Waals surface area contributed by atoms with E-state index < -0.39 is 0 Å². The molecule has 3 heteroatoms. The van der Waals surface area contributed by atoms with Gasteiger partial charge in [-0.15, -0.1) is 0 Å². The van der Waals surface area contributed by atoms with Gasteiger partial charge in [0.2, 0.25) is 0 Å². The second kappa shape index (κ2) is 6.30. The minimum atomic E-state index is -0.200. The molecule has 2 rings (SSSR count). The highest BCUT2D eigenvalue weighted by molar-refractivity contribution is 5.19. The van der Waals surface area contributed by atoms with Crippen molar-refractivity contribution in [3.05, 3.63) is 35.6 Å². The number of hydrogen-bond donors (Lipinski definition) is 1. The van der Waals surface area contributed by atoms with Crippen LogP contribution in [0.1, 0.15) is 37.8 Å². The zero-order chi connectivity index (χ0) is 13.0. The molecule has 1 aromatic rings. The molecule has 18 heavy (non-hydrogen) atoms. The van der Waals surface area contributed by atoms with Gasteiger partial charge in [0, 0.05) is 19.1 Å². The number of nitrogens with two attached hydrogens (primary N) is 1. The van der Waals surface area contributed by atoms with Crippen LogP contribution in [0, 0.1) is 11.7 Å². The zero-order valence-corrected chi connectivity index (χ0v) is 11.1. The van der Waals surface area contributed by atoms with Crippen LogP contribution in [0.2, 0.25) is 0 Å². The Balaban J connectivity index is 1.90. The van der Waals surface area contributed by atoms with E-state index >= 15 is 0 Å². The van der Waals surface area contributed by atoms with Crippen molar-refractivity contribution in [1.82, 2.24) is 4.90 Å². The lowest BCUT2D eigenvalue weighted by Gasteiger charge is -2.25. The van der Waals surface area contributed by atoms with Crippen molar-refractivity contribution in [3.63, 3.8) is 0 Å². The van der Waals surface area contributed by atoms with Gasteiger partial charge < -0.3 is 10.6 Å². The van der Waals surface area contributed by atoms with Gasteiger partial charge in [0.25, 0.3) is 0 Å². The molecule has 2 nitrogen and oxygen atoms in total. The van der Waals surface area contributed by atoms with Crippen LogP contribution >= 0.6 is 0 Å². The van der Waals surface area contributed by atoms with Crippen LogP contribution in [-0.4, -0.2) is 24.5 Å². The second-order valence-corrected chi connectivity index (χ2v) is 5.36. The van der Waals surface area contributed by atoms with Crippen LogP contribution in [0.4, 0.5) is 4.39 Å². The van der Waals surface area contributed by atoms with Gasteiger partial charge in [0.15, 0.2) is 0 Å². The van der Waals surface area contributed by atoms with E-state index in [-0.39, 0.29) is 11.9 Å². The summed E-state index contributed by atoms with van der Waals surface area (Å²) in [6.45, 7) is 5.34. The van der Waals surface area contributed by atoms with Gasteiger partial charge in [-0.3, -0.25) is 0 Å². The molecule has 1 saturated carbocycles. The molecule has 1 atom stereocenters. The van der Waals surface area contributed by atoms with E-state index in [2.05, 4.69) is 11.8 Å². The lowest BCUT2D eigenvalue weighted by atomic mass is 10.1. The summed E-state index contributed by atoms with van der Waals surface area (Å²) in [6.07, 6.45) is 3.89. The van der Waals surface area contributed by atoms with E-state index in [0.717, 1.165) is 31.0 Å². The van der Waals surface area contributed by atoms with Crippen molar-refractivity contribution in [3.8, 4) is 0 Å². The van der Waals surface area contributed by atoms with E-state index in [1.165, 1.54) is 31.5 Å². The van der Waals surface area contributed by atoms with Gasteiger partial charge >= 0.3 is 0 Å². The van der Waals surface area contributed by atoms with Crippen LogP contribution in [0.15, 0.2) is 24.3 Å². The normalized spacial score (nSPS) is 17.1. The first kappa shape index (κ1) is 13.5. The molecule has 0 aliphatic heterocycles. The lowest BCUT2D eigenvalue weighted by molar-refractivity contribution is 0.248. The molecule has 0 amide bonds. The average Bonchev–Trinajstić information content (AvgIpc) is 3.14. The molecule has 0 radical (unpaired) electrons. The average molecular weight is 250 g/mol. The lowest BCUT2D eigenvalue weighted by Crippen LogP contribution is -2.34. The summed E-state index contributed by atoms with van der Waals surface area (Å²) in [5.74, 6) is 0.686. The molecule has 0 spiro atoms. The molecule has 0 heterocycles. The quantitative estimate of drug-likeness (QED) is 0.806. The maximum Gasteiger partial charge on any atom is 0.123 e. The first-order chi connectivity index (χ1) is 8.69. The van der Waals surface area contributed by atoms with Crippen LogP contribution in [0.3, 0.4) is 0 Å². The molecule has 1 aliphatic carbocycles. The van der Waals surface area contributed by atoms with Crippen LogP contribution < -0.4 is 5.73 Å². The second-order valence-electron chi connectivity index (χ2n) is 5.36. The Morgan fingerprint density at radius 1 is 1.33 bits per heavy atom. The predicted octanol–water partition coefficient (Wildman–Crippen LogP) is 2.95. The third kappa shape index (κ3) is 4.07. The predicted molar refractivity (Wildman–Crippen MR) is 72.8 cm³/mol. The van der Waals surface area contributed by atoms with E-state index in [0.29, 0.717) is 0 Å². The first-order valence-electron chi connectivity index (χ1n) is 6.92. The Morgan fingerprint density at radius 2 is 2.00 bits per heavy atom. The molecule has 2 N–H and O–H groups in total. The Bertz CT molecular complexity index is 359. The first-order valence-corrected chi connectivity index (χ1v) is 6.92. The van der Waals surface area contributed by atoms with Crippen LogP contribution in [0.25, 0.3) is 0 Å². The largest absolute Gasteiger partial charge is 0.323 e. The third-order valence-electron chi connectivity index (χ3n) is 3.51. The van der Waals surface area contributed by atoms with Crippen LogP contribution in [-0.2, 0) is 0 Å². The van der Waals surface area contributed by atoms with Gasteiger partial charge in [0.05, 0.1) is 0 Å². The molecule has 1 aliphatic rings. The Hall–Kier alpha value is -0.930. The van der Waals surface area contributed by atoms with Crippen molar-refractivity contribution >= 4 is 0 Å². The van der Waals surface area contributed by atoms with E-state index in [9.17, 15) is 4.39 Å². The third-order valence-corrected chi connectivity index (χ3v) is 3.51. The summed E-state index contributed by atoms with van der Waals surface area (Å²) >= 11 is 0. The highest BCUT2D eigenvalue weighted by Crippen LogP contribution is 2.30. The summed E-state index contributed by atoms with van der Waals surface area (Å²) in [4.78, 5) is 2.45. The smallest absolute Gasteiger partial charge is 0.123 e. The van der Waals surface area contributed by atoms with E-state index in [4.69, 9.17) is 5.73 Å². The molecule has 1 unspecified atom stereocenters. The van der Waals surface area contributed by atoms with Crippen molar-refractivity contribution in [2.24, 2.45) is 11.7 Å². The number of nitrogens with zero attached hydrogens (tertiary/aromatic N) is 1. The van der Waals surface area contributed by atoms with Gasteiger partial charge in [0.1, 0.15) is 5.82 Å². The Labute approximate surface area is 109 Å². The number of hydrogen-bond acceptors (Lipinski definition) is 2. The molecular weight excluding hydrogens is 227 g/mol. The summed E-state index contributed by atoms with van der Waals surface area (Å²) in [5.41, 5.74) is 7.23. The topological polar surface area (TPSA) is 29.3 Å².